The molecule has 5 N–H and O–H groups in total. The van der Waals surface area contributed by atoms with Gasteiger partial charge in [0.25, 0.3) is 0 Å². The molecule has 0 atom stereocenters. The van der Waals surface area contributed by atoms with Crippen LogP contribution in [0, 0.1) is 0 Å². The lowest BCUT2D eigenvalue weighted by Crippen LogP contribution is -2.35. The number of hydrazine groups is 1. The highest BCUT2D eigenvalue weighted by Gasteiger charge is 2.17. The van der Waals surface area contributed by atoms with Crippen LogP contribution >= 0.6 is 0 Å². The number of aromatic nitrogens is 2. The number of hydrogen-bond donors (Lipinski definition) is 4. The second-order valence-electron chi connectivity index (χ2n) is 4.62. The molecule has 0 spiro atoms. The average Bonchev–Trinajstić information content (AvgIpc) is 2.28. The van der Waals surface area contributed by atoms with Crippen molar-refractivity contribution in [1.82, 2.24) is 9.97 Å². The molecule has 0 saturated carbocycles. The van der Waals surface area contributed by atoms with Crippen molar-refractivity contribution in [2.45, 2.75) is 39.2 Å². The number of nitrogen functional groups attached to an aromatic ring is 1. The Morgan fingerprint density at radius 1 is 1.35 bits per heavy atom. The fourth-order valence-corrected chi connectivity index (χ4v) is 1.36. The topological polar surface area (TPSA) is 96.1 Å². The second-order valence-corrected chi connectivity index (χ2v) is 4.62. The number of rotatable bonds is 6. The van der Waals surface area contributed by atoms with Crippen LogP contribution in [-0.2, 0) is 6.42 Å². The molecule has 1 aromatic heterocycles. The van der Waals surface area contributed by atoms with Gasteiger partial charge in [-0.1, -0.05) is 6.92 Å². The van der Waals surface area contributed by atoms with E-state index in [-0.39, 0.29) is 6.61 Å². The Balaban J connectivity index is 2.94. The maximum absolute atomic E-state index is 9.21. The molecule has 96 valence electrons. The summed E-state index contributed by atoms with van der Waals surface area (Å²) in [6.07, 6.45) is 1.76. The molecule has 17 heavy (non-hydrogen) atoms. The highest BCUT2D eigenvalue weighted by molar-refractivity contribution is 5.48. The Kier molecular flexibility index (Phi) is 4.65. The highest BCUT2D eigenvalue weighted by atomic mass is 16.3. The minimum absolute atomic E-state index is 0.0193. The van der Waals surface area contributed by atoms with E-state index in [0.29, 0.717) is 11.6 Å². The summed E-state index contributed by atoms with van der Waals surface area (Å²) in [5, 5.41) is 12.4. The number of nitrogens with two attached hydrogens (primary N) is 1. The van der Waals surface area contributed by atoms with E-state index in [2.05, 4.69) is 27.6 Å². The molecular weight excluding hydrogens is 218 g/mol. The van der Waals surface area contributed by atoms with Gasteiger partial charge in [0.1, 0.15) is 17.5 Å². The van der Waals surface area contributed by atoms with Gasteiger partial charge in [-0.3, -0.25) is 0 Å². The van der Waals surface area contributed by atoms with E-state index >= 15 is 0 Å². The zero-order chi connectivity index (χ0) is 12.9. The van der Waals surface area contributed by atoms with E-state index in [1.54, 1.807) is 6.07 Å². The number of nitrogens with one attached hydrogen (secondary N) is 2. The predicted molar refractivity (Wildman–Crippen MR) is 68.6 cm³/mol. The number of anilines is 2. The molecule has 0 aromatic carbocycles. The van der Waals surface area contributed by atoms with Gasteiger partial charge in [-0.15, -0.1) is 0 Å². The van der Waals surface area contributed by atoms with Gasteiger partial charge in [-0.05, 0) is 20.3 Å². The van der Waals surface area contributed by atoms with Gasteiger partial charge >= 0.3 is 0 Å². The molecule has 0 radical (unpaired) electrons. The van der Waals surface area contributed by atoms with Gasteiger partial charge in [-0.2, -0.15) is 0 Å². The molecule has 0 aliphatic heterocycles. The van der Waals surface area contributed by atoms with Crippen molar-refractivity contribution in [1.29, 1.82) is 0 Å². The van der Waals surface area contributed by atoms with Gasteiger partial charge in [-0.25, -0.2) is 15.8 Å². The molecular formula is C11H21N5O. The molecule has 0 aliphatic rings. The third-order valence-electron chi connectivity index (χ3n) is 2.26. The summed E-state index contributed by atoms with van der Waals surface area (Å²) >= 11 is 0. The number of aryl methyl sites for hydroxylation is 1. The lowest BCUT2D eigenvalue weighted by molar-refractivity contribution is 0.234. The summed E-state index contributed by atoms with van der Waals surface area (Å²) in [6, 6.07) is 1.72. The zero-order valence-corrected chi connectivity index (χ0v) is 10.6. The van der Waals surface area contributed by atoms with Crippen molar-refractivity contribution in [3.8, 4) is 0 Å². The average molecular weight is 239 g/mol. The Morgan fingerprint density at radius 3 is 2.53 bits per heavy atom. The molecule has 0 fully saturated rings. The van der Waals surface area contributed by atoms with Crippen LogP contribution in [0.3, 0.4) is 0 Å². The van der Waals surface area contributed by atoms with E-state index in [4.69, 9.17) is 5.84 Å². The predicted octanol–water partition coefficient (Wildman–Crippen LogP) is 0.897. The molecule has 0 saturated heterocycles. The molecule has 1 aromatic rings. The third kappa shape index (κ3) is 4.16. The monoisotopic (exact) mass is 239 g/mol. The van der Waals surface area contributed by atoms with Crippen molar-refractivity contribution in [2.24, 2.45) is 5.84 Å². The molecule has 0 unspecified atom stereocenters. The van der Waals surface area contributed by atoms with Gasteiger partial charge < -0.3 is 15.8 Å². The van der Waals surface area contributed by atoms with Crippen molar-refractivity contribution in [3.05, 3.63) is 11.9 Å². The van der Waals surface area contributed by atoms with Crippen molar-refractivity contribution >= 4 is 11.6 Å². The number of nitrogens with zero attached hydrogens (tertiary/aromatic N) is 2. The lowest BCUT2D eigenvalue weighted by Gasteiger charge is -2.24. The summed E-state index contributed by atoms with van der Waals surface area (Å²) in [5.41, 5.74) is 2.09. The third-order valence-corrected chi connectivity index (χ3v) is 2.26. The van der Waals surface area contributed by atoms with Crippen LogP contribution in [0.15, 0.2) is 6.07 Å². The van der Waals surface area contributed by atoms with Crippen LogP contribution in [0.2, 0.25) is 0 Å². The van der Waals surface area contributed by atoms with E-state index in [1.807, 2.05) is 13.8 Å². The summed E-state index contributed by atoms with van der Waals surface area (Å²) in [5.74, 6) is 7.33. The van der Waals surface area contributed by atoms with E-state index < -0.39 is 5.54 Å². The molecule has 1 heterocycles. The van der Waals surface area contributed by atoms with Crippen LogP contribution in [0.4, 0.5) is 11.6 Å². The van der Waals surface area contributed by atoms with E-state index in [9.17, 15) is 5.11 Å². The standard InChI is InChI=1S/C11H21N5O/c1-4-5-8-13-9(6-10(14-8)16-12)15-11(2,3)7-17/h6,17H,4-5,7,12H2,1-3H3,(H2,13,14,15,16). The minimum Gasteiger partial charge on any atom is -0.394 e. The number of aliphatic hydroxyl groups is 1. The first-order chi connectivity index (χ1) is 8.00. The quantitative estimate of drug-likeness (QED) is 0.435. The lowest BCUT2D eigenvalue weighted by atomic mass is 10.1. The van der Waals surface area contributed by atoms with E-state index in [0.717, 1.165) is 18.7 Å². The zero-order valence-electron chi connectivity index (χ0n) is 10.6. The van der Waals surface area contributed by atoms with Crippen molar-refractivity contribution in [3.63, 3.8) is 0 Å². The van der Waals surface area contributed by atoms with Gasteiger partial charge in [0, 0.05) is 12.5 Å². The number of hydrogen-bond acceptors (Lipinski definition) is 6. The molecule has 6 heteroatoms. The largest absolute Gasteiger partial charge is 0.394 e. The van der Waals surface area contributed by atoms with Crippen molar-refractivity contribution in [2.75, 3.05) is 17.3 Å². The summed E-state index contributed by atoms with van der Waals surface area (Å²) < 4.78 is 0. The van der Waals surface area contributed by atoms with Gasteiger partial charge in [0.2, 0.25) is 0 Å². The molecule has 1 rings (SSSR count). The minimum atomic E-state index is -0.427. The van der Waals surface area contributed by atoms with Crippen LogP contribution in [0.25, 0.3) is 0 Å². The van der Waals surface area contributed by atoms with Crippen LogP contribution in [0.5, 0.6) is 0 Å². The molecule has 0 bridgehead atoms. The fourth-order valence-electron chi connectivity index (χ4n) is 1.36. The Labute approximate surface area is 102 Å². The Hall–Kier alpha value is -1.40. The molecule has 0 aliphatic carbocycles. The smallest absolute Gasteiger partial charge is 0.145 e. The van der Waals surface area contributed by atoms with Crippen molar-refractivity contribution < 1.29 is 5.11 Å². The molecule has 6 nitrogen and oxygen atoms in total. The van der Waals surface area contributed by atoms with Gasteiger partial charge in [0.05, 0.1) is 12.1 Å². The normalized spacial score (nSPS) is 11.4. The van der Waals surface area contributed by atoms with Crippen LogP contribution in [0.1, 0.15) is 33.0 Å². The van der Waals surface area contributed by atoms with Crippen LogP contribution < -0.4 is 16.6 Å². The first kappa shape index (κ1) is 13.7. The summed E-state index contributed by atoms with van der Waals surface area (Å²) in [4.78, 5) is 8.62. The molecule has 0 amide bonds. The second kappa shape index (κ2) is 5.79. The first-order valence-corrected chi connectivity index (χ1v) is 5.74. The first-order valence-electron chi connectivity index (χ1n) is 5.74. The van der Waals surface area contributed by atoms with Gasteiger partial charge in [0.15, 0.2) is 0 Å². The van der Waals surface area contributed by atoms with E-state index in [1.165, 1.54) is 0 Å². The maximum Gasteiger partial charge on any atom is 0.145 e. The Bertz CT molecular complexity index is 367. The maximum atomic E-state index is 9.21. The summed E-state index contributed by atoms with van der Waals surface area (Å²) in [7, 11) is 0. The Morgan fingerprint density at radius 2 is 2.00 bits per heavy atom. The summed E-state index contributed by atoms with van der Waals surface area (Å²) in [6.45, 7) is 5.87. The highest BCUT2D eigenvalue weighted by Crippen LogP contribution is 2.16. The SMILES string of the molecule is CCCc1nc(NN)cc(NC(C)(C)CO)n1. The number of aliphatic hydroxyl groups excluding tert-OH is 1. The van der Waals surface area contributed by atoms with Crippen LogP contribution in [-0.4, -0.2) is 27.2 Å². The fraction of sp³-hybridized carbons (Fsp3) is 0.636.